The van der Waals surface area contributed by atoms with Crippen molar-refractivity contribution < 1.29 is 14.2 Å². The molecule has 0 unspecified atom stereocenters. The Hall–Kier alpha value is -0.640. The van der Waals surface area contributed by atoms with Crippen LogP contribution in [0.3, 0.4) is 0 Å². The van der Waals surface area contributed by atoms with E-state index in [2.05, 4.69) is 52.0 Å². The molecule has 210 valence electrons. The Morgan fingerprint density at radius 1 is 0.371 bits per heavy atom. The summed E-state index contributed by atoms with van der Waals surface area (Å²) in [5.74, 6) is 0. The second kappa shape index (κ2) is 37.9. The minimum absolute atomic E-state index is 0.362. The highest BCUT2D eigenvalue weighted by Crippen LogP contribution is 2.09. The van der Waals surface area contributed by atoms with E-state index >= 15 is 0 Å². The van der Waals surface area contributed by atoms with Gasteiger partial charge in [-0.1, -0.05) is 129 Å². The maximum atomic E-state index is 5.32. The molecule has 0 radical (unpaired) electrons. The lowest BCUT2D eigenvalue weighted by atomic mass is 10.1. The highest BCUT2D eigenvalue weighted by Gasteiger charge is 1.92. The van der Waals surface area contributed by atoms with Crippen LogP contribution in [0.25, 0.3) is 0 Å². The second-order valence-electron chi connectivity index (χ2n) is 9.57. The van der Waals surface area contributed by atoms with Crippen molar-refractivity contribution in [3.63, 3.8) is 0 Å². The van der Waals surface area contributed by atoms with Crippen LogP contribution >= 0.6 is 0 Å². The van der Waals surface area contributed by atoms with Gasteiger partial charge in [0.15, 0.2) is 0 Å². The third-order valence-electron chi connectivity index (χ3n) is 5.90. The van der Waals surface area contributed by atoms with Crippen molar-refractivity contribution in [2.75, 3.05) is 26.8 Å². The van der Waals surface area contributed by atoms with Crippen molar-refractivity contribution >= 4 is 0 Å². The molecule has 0 rings (SSSR count). The number of hydrogen-bond donors (Lipinski definition) is 0. The third kappa shape index (κ3) is 40.8. The van der Waals surface area contributed by atoms with Crippen molar-refractivity contribution in [1.29, 1.82) is 0 Å². The van der Waals surface area contributed by atoms with Crippen LogP contribution in [-0.2, 0) is 14.2 Å². The molecule has 0 heterocycles. The molecule has 3 heteroatoms. The summed E-state index contributed by atoms with van der Waals surface area (Å²) in [6, 6.07) is 0. The van der Waals surface area contributed by atoms with Crippen LogP contribution in [0.4, 0.5) is 0 Å². The van der Waals surface area contributed by atoms with Crippen LogP contribution in [-0.4, -0.2) is 26.8 Å². The topological polar surface area (TPSA) is 27.7 Å². The van der Waals surface area contributed by atoms with Gasteiger partial charge >= 0.3 is 0 Å². The van der Waals surface area contributed by atoms with Gasteiger partial charge < -0.3 is 14.2 Å². The summed E-state index contributed by atoms with van der Waals surface area (Å²) in [6.45, 7) is 11.2. The third-order valence-corrected chi connectivity index (χ3v) is 5.90. The zero-order chi connectivity index (χ0) is 25.9. The van der Waals surface area contributed by atoms with Crippen LogP contribution in [0.5, 0.6) is 0 Å². The first kappa shape index (κ1) is 36.5. The van der Waals surface area contributed by atoms with Crippen LogP contribution < -0.4 is 0 Å². The van der Waals surface area contributed by atoms with E-state index in [0.717, 1.165) is 26.1 Å². The average molecular weight is 497 g/mol. The first-order valence-corrected chi connectivity index (χ1v) is 15.4. The Morgan fingerprint density at radius 3 is 1.23 bits per heavy atom. The SMILES string of the molecule is CC/C=C\CCCCCCCC/C=C\CCCC.CCCCCCOCOCOCCCCCC. The Balaban J connectivity index is 0. The number of allylic oxidation sites excluding steroid dienone is 4. The minimum Gasteiger partial charge on any atom is -0.355 e. The first-order valence-electron chi connectivity index (χ1n) is 15.4. The molecule has 0 atom stereocenters. The number of rotatable bonds is 27. The summed E-state index contributed by atoms with van der Waals surface area (Å²) < 4.78 is 15.8. The predicted molar refractivity (Wildman–Crippen MR) is 156 cm³/mol. The lowest BCUT2D eigenvalue weighted by molar-refractivity contribution is -0.131. The van der Waals surface area contributed by atoms with Gasteiger partial charge in [-0.05, 0) is 51.4 Å². The Morgan fingerprint density at radius 2 is 0.771 bits per heavy atom. The molecule has 0 aromatic carbocycles. The summed E-state index contributed by atoms with van der Waals surface area (Å²) in [5.41, 5.74) is 0. The molecule has 0 spiro atoms. The molecule has 0 aliphatic carbocycles. The lowest BCUT2D eigenvalue weighted by Crippen LogP contribution is -2.06. The van der Waals surface area contributed by atoms with E-state index in [1.54, 1.807) is 0 Å². The molecule has 0 N–H and O–H groups in total. The van der Waals surface area contributed by atoms with Gasteiger partial charge in [0.2, 0.25) is 0 Å². The van der Waals surface area contributed by atoms with Crippen molar-refractivity contribution in [3.05, 3.63) is 24.3 Å². The lowest BCUT2D eigenvalue weighted by Gasteiger charge is -2.06. The summed E-state index contributed by atoms with van der Waals surface area (Å²) in [4.78, 5) is 0. The molecule has 0 aromatic heterocycles. The highest BCUT2D eigenvalue weighted by molar-refractivity contribution is 4.81. The number of unbranched alkanes of at least 4 members (excludes halogenated alkanes) is 15. The minimum atomic E-state index is 0.362. The highest BCUT2D eigenvalue weighted by atomic mass is 16.7. The Labute approximate surface area is 221 Å². The van der Waals surface area contributed by atoms with Gasteiger partial charge in [-0.3, -0.25) is 0 Å². The van der Waals surface area contributed by atoms with E-state index in [1.165, 1.54) is 116 Å². The molecule has 0 aromatic rings. The van der Waals surface area contributed by atoms with Gasteiger partial charge in [0, 0.05) is 13.2 Å². The first-order chi connectivity index (χ1) is 17.3. The molecule has 0 saturated carbocycles. The normalized spacial score (nSPS) is 11.4. The zero-order valence-corrected chi connectivity index (χ0v) is 24.5. The fourth-order valence-corrected chi connectivity index (χ4v) is 3.61. The van der Waals surface area contributed by atoms with Crippen LogP contribution in [0.15, 0.2) is 24.3 Å². The van der Waals surface area contributed by atoms with Crippen molar-refractivity contribution in [1.82, 2.24) is 0 Å². The summed E-state index contributed by atoms with van der Waals surface area (Å²) in [6.07, 6.45) is 35.4. The smallest absolute Gasteiger partial charge is 0.149 e. The number of hydrogen-bond acceptors (Lipinski definition) is 3. The van der Waals surface area contributed by atoms with Gasteiger partial charge in [0.1, 0.15) is 13.6 Å². The molecule has 3 nitrogen and oxygen atoms in total. The van der Waals surface area contributed by atoms with E-state index in [9.17, 15) is 0 Å². The molecule has 0 aliphatic rings. The van der Waals surface area contributed by atoms with E-state index in [1.807, 2.05) is 0 Å². The fraction of sp³-hybridized carbons (Fsp3) is 0.875. The van der Waals surface area contributed by atoms with E-state index < -0.39 is 0 Å². The van der Waals surface area contributed by atoms with Gasteiger partial charge in [0.25, 0.3) is 0 Å². The molecule has 0 saturated heterocycles. The van der Waals surface area contributed by atoms with Gasteiger partial charge in [-0.2, -0.15) is 0 Å². The molecular weight excluding hydrogens is 432 g/mol. The van der Waals surface area contributed by atoms with Gasteiger partial charge in [-0.15, -0.1) is 0 Å². The molecule has 35 heavy (non-hydrogen) atoms. The van der Waals surface area contributed by atoms with Crippen LogP contribution in [0, 0.1) is 0 Å². The van der Waals surface area contributed by atoms with E-state index in [0.29, 0.717) is 13.6 Å². The van der Waals surface area contributed by atoms with Crippen molar-refractivity contribution in [2.24, 2.45) is 0 Å². The quantitative estimate of drug-likeness (QED) is 0.0642. The predicted octanol–water partition coefficient (Wildman–Crippen LogP) is 10.9. The monoisotopic (exact) mass is 496 g/mol. The second-order valence-corrected chi connectivity index (χ2v) is 9.57. The zero-order valence-electron chi connectivity index (χ0n) is 24.5. The summed E-state index contributed by atoms with van der Waals surface area (Å²) in [7, 11) is 0. The molecule has 0 bridgehead atoms. The van der Waals surface area contributed by atoms with Crippen LogP contribution in [0.2, 0.25) is 0 Å². The molecule has 0 amide bonds. The molecule has 0 aliphatic heterocycles. The standard InChI is InChI=1S/C18H34.C14H30O3/c1-3-5-7-9-11-13-15-17-18-16-14-12-10-8-6-4-2;1-3-5-7-9-11-15-13-17-14-16-12-10-8-6-4-2/h5,7,10,12H,3-4,6,8-9,11,13-18H2,1-2H3;3-14H2,1-2H3/b7-5-,12-10-;. The summed E-state index contributed by atoms with van der Waals surface area (Å²) in [5, 5.41) is 0. The van der Waals surface area contributed by atoms with E-state index in [4.69, 9.17) is 14.2 Å². The van der Waals surface area contributed by atoms with Crippen molar-refractivity contribution in [3.8, 4) is 0 Å². The Bertz CT molecular complexity index is 378. The largest absolute Gasteiger partial charge is 0.355 e. The van der Waals surface area contributed by atoms with Gasteiger partial charge in [-0.25, -0.2) is 0 Å². The summed E-state index contributed by atoms with van der Waals surface area (Å²) >= 11 is 0. The molecular formula is C32H64O3. The number of ether oxygens (including phenoxy) is 3. The molecule has 0 fully saturated rings. The van der Waals surface area contributed by atoms with E-state index in [-0.39, 0.29) is 0 Å². The Kier molecular flexibility index (Phi) is 39.5. The van der Waals surface area contributed by atoms with Crippen molar-refractivity contribution in [2.45, 2.75) is 156 Å². The maximum absolute atomic E-state index is 5.32. The fourth-order valence-electron chi connectivity index (χ4n) is 3.61. The average Bonchev–Trinajstić information content (AvgIpc) is 2.87. The van der Waals surface area contributed by atoms with Crippen LogP contribution in [0.1, 0.15) is 156 Å². The van der Waals surface area contributed by atoms with Gasteiger partial charge in [0.05, 0.1) is 0 Å². The maximum Gasteiger partial charge on any atom is 0.149 e.